The van der Waals surface area contributed by atoms with Crippen LogP contribution in [0, 0.1) is 0 Å². The van der Waals surface area contributed by atoms with Gasteiger partial charge in [-0.05, 0) is 44.5 Å². The zero-order valence-electron chi connectivity index (χ0n) is 16.3. The van der Waals surface area contributed by atoms with E-state index in [9.17, 15) is 9.59 Å². The Labute approximate surface area is 163 Å². The second-order valence-electron chi connectivity index (χ2n) is 6.20. The first-order valence-electron chi connectivity index (χ1n) is 9.46. The van der Waals surface area contributed by atoms with Crippen LogP contribution in [0.3, 0.4) is 0 Å². The molecule has 2 N–H and O–H groups in total. The first kappa shape index (κ1) is 19.5. The molecule has 0 aliphatic rings. The van der Waals surface area contributed by atoms with Crippen LogP contribution in [0.2, 0.25) is 0 Å². The van der Waals surface area contributed by atoms with Gasteiger partial charge in [-0.15, -0.1) is 0 Å². The minimum Gasteiger partial charge on any atom is -0.450 e. The van der Waals surface area contributed by atoms with Crippen LogP contribution in [0.15, 0.2) is 42.5 Å². The second-order valence-corrected chi connectivity index (χ2v) is 6.20. The van der Waals surface area contributed by atoms with Gasteiger partial charge in [0.1, 0.15) is 6.17 Å². The molecule has 1 aromatic heterocycles. The lowest BCUT2D eigenvalue weighted by Crippen LogP contribution is -2.41. The van der Waals surface area contributed by atoms with Crippen molar-refractivity contribution in [2.75, 3.05) is 13.2 Å². The van der Waals surface area contributed by atoms with E-state index >= 15 is 0 Å². The molecule has 0 atom stereocenters. The fourth-order valence-electron chi connectivity index (χ4n) is 3.38. The Kier molecular flexibility index (Phi) is 6.03. The van der Waals surface area contributed by atoms with E-state index in [0.717, 1.165) is 33.9 Å². The summed E-state index contributed by atoms with van der Waals surface area (Å²) in [6.45, 7) is 6.86. The molecule has 0 radical (unpaired) electrons. The first-order chi connectivity index (χ1) is 13.6. The number of nitrogens with one attached hydrogen (secondary N) is 2. The van der Waals surface area contributed by atoms with Gasteiger partial charge in [-0.2, -0.15) is 0 Å². The van der Waals surface area contributed by atoms with Crippen LogP contribution in [0.5, 0.6) is 0 Å². The SMILES string of the molecule is CCOC(=O)NC(NC(=O)OCC)c1ccc2c(c1)c1ccccc1n2CC. The second kappa shape index (κ2) is 8.65. The van der Waals surface area contributed by atoms with E-state index in [1.807, 2.05) is 30.3 Å². The molecule has 0 saturated carbocycles. The third-order valence-electron chi connectivity index (χ3n) is 4.52. The maximum absolute atomic E-state index is 12.0. The molecule has 3 aromatic rings. The molecule has 0 spiro atoms. The number of carbonyl (C=O) groups excluding carboxylic acids is 2. The summed E-state index contributed by atoms with van der Waals surface area (Å²) in [4.78, 5) is 23.9. The Bertz CT molecular complexity index is 976. The zero-order chi connectivity index (χ0) is 20.1. The number of aromatic nitrogens is 1. The van der Waals surface area contributed by atoms with Gasteiger partial charge in [-0.25, -0.2) is 9.59 Å². The lowest BCUT2D eigenvalue weighted by atomic mass is 10.1. The van der Waals surface area contributed by atoms with Crippen molar-refractivity contribution in [1.29, 1.82) is 0 Å². The molecule has 28 heavy (non-hydrogen) atoms. The van der Waals surface area contributed by atoms with Gasteiger partial charge in [0.2, 0.25) is 0 Å². The number of carbonyl (C=O) groups is 2. The zero-order valence-corrected chi connectivity index (χ0v) is 16.3. The molecule has 0 fully saturated rings. The highest BCUT2D eigenvalue weighted by Crippen LogP contribution is 2.30. The Balaban J connectivity index is 2.04. The topological polar surface area (TPSA) is 81.6 Å². The van der Waals surface area contributed by atoms with Gasteiger partial charge in [-0.1, -0.05) is 24.3 Å². The largest absolute Gasteiger partial charge is 0.450 e. The number of benzene rings is 2. The van der Waals surface area contributed by atoms with Crippen molar-refractivity contribution < 1.29 is 19.1 Å². The molecule has 2 amide bonds. The molecule has 2 aromatic carbocycles. The number of aryl methyl sites for hydroxylation is 1. The van der Waals surface area contributed by atoms with Crippen molar-refractivity contribution in [2.24, 2.45) is 0 Å². The first-order valence-corrected chi connectivity index (χ1v) is 9.46. The maximum Gasteiger partial charge on any atom is 0.409 e. The van der Waals surface area contributed by atoms with Gasteiger partial charge in [-0.3, -0.25) is 10.6 Å². The summed E-state index contributed by atoms with van der Waals surface area (Å²) in [5, 5.41) is 7.52. The van der Waals surface area contributed by atoms with Crippen molar-refractivity contribution in [2.45, 2.75) is 33.5 Å². The minimum absolute atomic E-state index is 0.237. The molecule has 0 saturated heterocycles. The summed E-state index contributed by atoms with van der Waals surface area (Å²) in [6.07, 6.45) is -1.99. The quantitative estimate of drug-likeness (QED) is 0.622. The van der Waals surface area contributed by atoms with Crippen LogP contribution in [-0.2, 0) is 16.0 Å². The lowest BCUT2D eigenvalue weighted by molar-refractivity contribution is 0.135. The molecular weight excluding hydrogens is 358 g/mol. The Morgan fingerprint density at radius 3 is 2.11 bits per heavy atom. The van der Waals surface area contributed by atoms with E-state index < -0.39 is 18.4 Å². The van der Waals surface area contributed by atoms with Gasteiger partial charge >= 0.3 is 12.2 Å². The fraction of sp³-hybridized carbons (Fsp3) is 0.333. The number of fused-ring (bicyclic) bond motifs is 3. The van der Waals surface area contributed by atoms with Crippen LogP contribution in [-0.4, -0.2) is 30.0 Å². The summed E-state index contributed by atoms with van der Waals surface area (Å²) in [5.41, 5.74) is 2.97. The number of hydrogen-bond donors (Lipinski definition) is 2. The molecule has 0 bridgehead atoms. The molecule has 0 aliphatic heterocycles. The lowest BCUT2D eigenvalue weighted by Gasteiger charge is -2.20. The Morgan fingerprint density at radius 2 is 1.50 bits per heavy atom. The average Bonchev–Trinajstić information content (AvgIpc) is 3.01. The number of nitrogens with zero attached hydrogens (tertiary/aromatic N) is 1. The standard InChI is InChI=1S/C21H25N3O4/c1-4-24-17-10-8-7-9-15(17)16-13-14(11-12-18(16)24)19(22-20(25)27-5-2)23-21(26)28-6-3/h7-13,19H,4-6H2,1-3H3,(H,22,25)(H,23,26). The van der Waals surface area contributed by atoms with Crippen LogP contribution < -0.4 is 10.6 Å². The van der Waals surface area contributed by atoms with Crippen molar-refractivity contribution in [3.63, 3.8) is 0 Å². The van der Waals surface area contributed by atoms with Gasteiger partial charge in [0, 0.05) is 28.4 Å². The molecule has 7 nitrogen and oxygen atoms in total. The number of para-hydroxylation sites is 1. The molecule has 3 rings (SSSR count). The normalized spacial score (nSPS) is 11.0. The number of rotatable bonds is 6. The summed E-state index contributed by atoms with van der Waals surface area (Å²) in [5.74, 6) is 0. The molecule has 148 valence electrons. The van der Waals surface area contributed by atoms with E-state index in [1.165, 1.54) is 0 Å². The van der Waals surface area contributed by atoms with E-state index in [-0.39, 0.29) is 13.2 Å². The highest BCUT2D eigenvalue weighted by Gasteiger charge is 2.20. The minimum atomic E-state index is -0.772. The highest BCUT2D eigenvalue weighted by atomic mass is 16.6. The van der Waals surface area contributed by atoms with Crippen LogP contribution in [0.4, 0.5) is 9.59 Å². The van der Waals surface area contributed by atoms with Gasteiger partial charge < -0.3 is 14.0 Å². The predicted molar refractivity (Wildman–Crippen MR) is 108 cm³/mol. The number of alkyl carbamates (subject to hydrolysis) is 2. The van der Waals surface area contributed by atoms with E-state index in [1.54, 1.807) is 13.8 Å². The monoisotopic (exact) mass is 383 g/mol. The molecule has 0 unspecified atom stereocenters. The van der Waals surface area contributed by atoms with Crippen LogP contribution in [0.25, 0.3) is 21.8 Å². The van der Waals surface area contributed by atoms with Crippen molar-refractivity contribution in [3.8, 4) is 0 Å². The molecule has 1 heterocycles. The molecular formula is C21H25N3O4. The van der Waals surface area contributed by atoms with Crippen LogP contribution >= 0.6 is 0 Å². The number of ether oxygens (including phenoxy) is 2. The fourth-order valence-corrected chi connectivity index (χ4v) is 3.38. The van der Waals surface area contributed by atoms with Gasteiger partial charge in [0.25, 0.3) is 0 Å². The maximum atomic E-state index is 12.0. The summed E-state index contributed by atoms with van der Waals surface area (Å²) >= 11 is 0. The van der Waals surface area contributed by atoms with E-state index in [2.05, 4.69) is 34.3 Å². The third kappa shape index (κ3) is 3.88. The predicted octanol–water partition coefficient (Wildman–Crippen LogP) is 4.31. The van der Waals surface area contributed by atoms with E-state index in [4.69, 9.17) is 9.47 Å². The van der Waals surface area contributed by atoms with Gasteiger partial charge in [0.15, 0.2) is 0 Å². The van der Waals surface area contributed by atoms with Crippen molar-refractivity contribution in [1.82, 2.24) is 15.2 Å². The Morgan fingerprint density at radius 1 is 0.893 bits per heavy atom. The average molecular weight is 383 g/mol. The molecule has 0 aliphatic carbocycles. The number of amides is 2. The Hall–Kier alpha value is -3.22. The molecule has 7 heteroatoms. The van der Waals surface area contributed by atoms with Crippen LogP contribution in [0.1, 0.15) is 32.5 Å². The number of hydrogen-bond acceptors (Lipinski definition) is 4. The highest BCUT2D eigenvalue weighted by molar-refractivity contribution is 6.08. The van der Waals surface area contributed by atoms with Crippen molar-refractivity contribution >= 4 is 34.0 Å². The van der Waals surface area contributed by atoms with E-state index in [0.29, 0.717) is 0 Å². The summed E-state index contributed by atoms with van der Waals surface area (Å²) in [6, 6.07) is 14.0. The third-order valence-corrected chi connectivity index (χ3v) is 4.52. The van der Waals surface area contributed by atoms with Crippen molar-refractivity contribution in [3.05, 3.63) is 48.0 Å². The summed E-state index contributed by atoms with van der Waals surface area (Å²) in [7, 11) is 0. The summed E-state index contributed by atoms with van der Waals surface area (Å²) < 4.78 is 12.2. The van der Waals surface area contributed by atoms with Gasteiger partial charge in [0.05, 0.1) is 13.2 Å². The smallest absolute Gasteiger partial charge is 0.409 e.